The van der Waals surface area contributed by atoms with Crippen LogP contribution in [0.2, 0.25) is 0 Å². The van der Waals surface area contributed by atoms with Gasteiger partial charge in [0.1, 0.15) is 5.75 Å². The van der Waals surface area contributed by atoms with Gasteiger partial charge < -0.3 is 14.8 Å². The molecular weight excluding hydrogens is 244 g/mol. The molecule has 0 bridgehead atoms. The number of benzene rings is 1. The fourth-order valence-corrected chi connectivity index (χ4v) is 1.68. The van der Waals surface area contributed by atoms with Crippen LogP contribution in [0.1, 0.15) is 25.8 Å². The van der Waals surface area contributed by atoms with Crippen LogP contribution in [0, 0.1) is 0 Å². The molecule has 1 atom stereocenters. The number of carbonyl (C=O) groups excluding carboxylic acids is 1. The summed E-state index contributed by atoms with van der Waals surface area (Å²) in [5.41, 5.74) is 1.45. The molecule has 104 valence electrons. The monoisotopic (exact) mass is 264 g/mol. The van der Waals surface area contributed by atoms with E-state index >= 15 is 0 Å². The molecule has 0 aliphatic heterocycles. The smallest absolute Gasteiger partial charge is 0.262 e. The maximum atomic E-state index is 11.7. The summed E-state index contributed by atoms with van der Waals surface area (Å²) in [5, 5.41) is 12.1. The molecule has 5 heteroatoms. The van der Waals surface area contributed by atoms with Crippen molar-refractivity contribution in [2.75, 3.05) is 14.1 Å². The predicted octanol–water partition coefficient (Wildman–Crippen LogP) is 2.13. The van der Waals surface area contributed by atoms with Crippen LogP contribution in [-0.2, 0) is 4.79 Å². The van der Waals surface area contributed by atoms with Crippen molar-refractivity contribution in [2.45, 2.75) is 26.4 Å². The van der Waals surface area contributed by atoms with E-state index < -0.39 is 6.10 Å². The molecule has 0 saturated carbocycles. The number of likely N-dealkylation sites (N-methyl/N-ethyl adjacent to an activating group) is 1. The Balaban J connectivity index is 2.75. The van der Waals surface area contributed by atoms with E-state index in [1.165, 1.54) is 4.90 Å². The zero-order valence-electron chi connectivity index (χ0n) is 11.8. The molecule has 19 heavy (non-hydrogen) atoms. The lowest BCUT2D eigenvalue weighted by molar-refractivity contribution is -0.135. The van der Waals surface area contributed by atoms with Crippen molar-refractivity contribution in [3.63, 3.8) is 0 Å². The largest absolute Gasteiger partial charge is 0.481 e. The van der Waals surface area contributed by atoms with E-state index in [0.717, 1.165) is 5.56 Å². The summed E-state index contributed by atoms with van der Waals surface area (Å²) >= 11 is 0. The third-order valence-electron chi connectivity index (χ3n) is 2.74. The van der Waals surface area contributed by atoms with Crippen LogP contribution in [0.3, 0.4) is 0 Å². The average molecular weight is 264 g/mol. The molecule has 1 unspecified atom stereocenters. The van der Waals surface area contributed by atoms with Crippen LogP contribution in [-0.4, -0.2) is 41.9 Å². The fourth-order valence-electron chi connectivity index (χ4n) is 1.68. The number of amides is 1. The second-order valence-corrected chi connectivity index (χ2v) is 4.42. The fraction of sp³-hybridized carbons (Fsp3) is 0.429. The van der Waals surface area contributed by atoms with Gasteiger partial charge in [0.15, 0.2) is 6.10 Å². The molecule has 1 amide bonds. The van der Waals surface area contributed by atoms with Crippen molar-refractivity contribution in [2.24, 2.45) is 5.16 Å². The molecule has 0 heterocycles. The minimum Gasteiger partial charge on any atom is -0.481 e. The number of nitrogens with zero attached hydrogens (tertiary/aromatic N) is 2. The predicted molar refractivity (Wildman–Crippen MR) is 73.8 cm³/mol. The minimum absolute atomic E-state index is 0.0877. The first-order valence-electron chi connectivity index (χ1n) is 6.18. The molecule has 0 fully saturated rings. The quantitative estimate of drug-likeness (QED) is 0.503. The van der Waals surface area contributed by atoms with E-state index in [9.17, 15) is 4.79 Å². The molecule has 1 rings (SSSR count). The van der Waals surface area contributed by atoms with Gasteiger partial charge >= 0.3 is 0 Å². The van der Waals surface area contributed by atoms with Gasteiger partial charge in [-0.25, -0.2) is 0 Å². The van der Waals surface area contributed by atoms with Gasteiger partial charge in [-0.3, -0.25) is 4.79 Å². The Bertz CT molecular complexity index is 452. The summed E-state index contributed by atoms with van der Waals surface area (Å²) in [4.78, 5) is 13.2. The Morgan fingerprint density at radius 2 is 1.95 bits per heavy atom. The van der Waals surface area contributed by atoms with Crippen LogP contribution in [0.25, 0.3) is 0 Å². The van der Waals surface area contributed by atoms with E-state index in [1.54, 1.807) is 45.3 Å². The summed E-state index contributed by atoms with van der Waals surface area (Å²) in [6.07, 6.45) is 0.115. The second-order valence-electron chi connectivity index (χ2n) is 4.42. The normalized spacial score (nSPS) is 12.9. The van der Waals surface area contributed by atoms with E-state index in [-0.39, 0.29) is 5.91 Å². The van der Waals surface area contributed by atoms with Crippen molar-refractivity contribution < 1.29 is 14.7 Å². The number of hydrogen-bond acceptors (Lipinski definition) is 4. The summed E-state index contributed by atoms with van der Waals surface area (Å²) in [6.45, 7) is 3.63. The Labute approximate surface area is 113 Å². The maximum Gasteiger partial charge on any atom is 0.262 e. The highest BCUT2D eigenvalue weighted by atomic mass is 16.5. The minimum atomic E-state index is -0.530. The highest BCUT2D eigenvalue weighted by molar-refractivity contribution is 6.00. The Morgan fingerprint density at radius 3 is 2.37 bits per heavy atom. The van der Waals surface area contributed by atoms with E-state index in [0.29, 0.717) is 17.9 Å². The topological polar surface area (TPSA) is 62.1 Å². The number of ether oxygens (including phenoxy) is 1. The molecule has 5 nitrogen and oxygen atoms in total. The van der Waals surface area contributed by atoms with Gasteiger partial charge in [-0.05, 0) is 43.2 Å². The molecule has 0 aromatic heterocycles. The number of carbonyl (C=O) groups is 1. The van der Waals surface area contributed by atoms with Crippen LogP contribution < -0.4 is 4.74 Å². The molecule has 0 saturated heterocycles. The SMILES string of the molecule is CC/C(=N\O)c1ccc(OC(C)C(=O)N(C)C)cc1. The molecular formula is C14H20N2O3. The molecule has 1 aromatic rings. The van der Waals surface area contributed by atoms with Gasteiger partial charge in [-0.2, -0.15) is 0 Å². The standard InChI is InChI=1S/C14H20N2O3/c1-5-13(15-18)11-6-8-12(9-7-11)19-10(2)14(17)16(3)4/h6-10,18H,5H2,1-4H3/b15-13+. The number of hydrogen-bond donors (Lipinski definition) is 1. The van der Waals surface area contributed by atoms with Gasteiger partial charge in [-0.15, -0.1) is 0 Å². The number of rotatable bonds is 5. The lowest BCUT2D eigenvalue weighted by atomic mass is 10.1. The van der Waals surface area contributed by atoms with Crippen LogP contribution in [0.4, 0.5) is 0 Å². The van der Waals surface area contributed by atoms with Crippen molar-refractivity contribution in [3.05, 3.63) is 29.8 Å². The average Bonchev–Trinajstić information content (AvgIpc) is 2.41. The van der Waals surface area contributed by atoms with Gasteiger partial charge in [-0.1, -0.05) is 12.1 Å². The third-order valence-corrected chi connectivity index (χ3v) is 2.74. The first-order valence-corrected chi connectivity index (χ1v) is 6.18. The molecule has 0 aliphatic carbocycles. The van der Waals surface area contributed by atoms with Crippen molar-refractivity contribution in [1.82, 2.24) is 4.90 Å². The Hall–Kier alpha value is -2.04. The summed E-state index contributed by atoms with van der Waals surface area (Å²) in [5.74, 6) is 0.523. The second kappa shape index (κ2) is 6.78. The number of oxime groups is 1. The van der Waals surface area contributed by atoms with Crippen molar-refractivity contribution in [3.8, 4) is 5.75 Å². The summed E-state index contributed by atoms with van der Waals surface area (Å²) in [6, 6.07) is 7.13. The lowest BCUT2D eigenvalue weighted by Crippen LogP contribution is -2.35. The highest BCUT2D eigenvalue weighted by Crippen LogP contribution is 2.15. The van der Waals surface area contributed by atoms with Gasteiger partial charge in [0.05, 0.1) is 5.71 Å². The molecule has 1 aromatic carbocycles. The maximum absolute atomic E-state index is 11.7. The zero-order valence-corrected chi connectivity index (χ0v) is 11.8. The van der Waals surface area contributed by atoms with Crippen molar-refractivity contribution >= 4 is 11.6 Å². The summed E-state index contributed by atoms with van der Waals surface area (Å²) < 4.78 is 5.55. The molecule has 0 aliphatic rings. The van der Waals surface area contributed by atoms with E-state index in [4.69, 9.17) is 9.94 Å². The molecule has 0 spiro atoms. The van der Waals surface area contributed by atoms with Gasteiger partial charge in [0.2, 0.25) is 0 Å². The lowest BCUT2D eigenvalue weighted by Gasteiger charge is -2.18. The van der Waals surface area contributed by atoms with Crippen molar-refractivity contribution in [1.29, 1.82) is 0 Å². The van der Waals surface area contributed by atoms with Crippen LogP contribution in [0.15, 0.2) is 29.4 Å². The van der Waals surface area contributed by atoms with Crippen LogP contribution >= 0.6 is 0 Å². The van der Waals surface area contributed by atoms with Crippen LogP contribution in [0.5, 0.6) is 5.75 Å². The summed E-state index contributed by atoms with van der Waals surface area (Å²) in [7, 11) is 3.38. The Morgan fingerprint density at radius 1 is 1.37 bits per heavy atom. The third kappa shape index (κ3) is 3.98. The van der Waals surface area contributed by atoms with Gasteiger partial charge in [0, 0.05) is 14.1 Å². The van der Waals surface area contributed by atoms with E-state index in [1.807, 2.05) is 6.92 Å². The first-order chi connectivity index (χ1) is 8.99. The van der Waals surface area contributed by atoms with Gasteiger partial charge in [0.25, 0.3) is 5.91 Å². The zero-order chi connectivity index (χ0) is 14.4. The molecule has 1 N–H and O–H groups in total. The molecule has 0 radical (unpaired) electrons. The highest BCUT2D eigenvalue weighted by Gasteiger charge is 2.16. The Kier molecular flexibility index (Phi) is 5.36. The first kappa shape index (κ1) is 15.0. The van der Waals surface area contributed by atoms with E-state index in [2.05, 4.69) is 5.16 Å².